The van der Waals surface area contributed by atoms with Crippen LogP contribution in [-0.4, -0.2) is 49.1 Å². The molecule has 1 aliphatic heterocycles. The lowest BCUT2D eigenvalue weighted by molar-refractivity contribution is 0.0256. The van der Waals surface area contributed by atoms with Gasteiger partial charge in [-0.25, -0.2) is 28.4 Å². The first-order valence-corrected chi connectivity index (χ1v) is 11.5. The fourth-order valence-electron chi connectivity index (χ4n) is 4.15. The quantitative estimate of drug-likeness (QED) is 0.200. The van der Waals surface area contributed by atoms with Gasteiger partial charge >= 0.3 is 5.92 Å². The molecule has 12 heteroatoms. The summed E-state index contributed by atoms with van der Waals surface area (Å²) in [5.41, 5.74) is 1.41. The Labute approximate surface area is 208 Å². The number of isothiocyanates is 1. The zero-order valence-electron chi connectivity index (χ0n) is 18.8. The highest BCUT2D eigenvalue weighted by atomic mass is 32.1. The Morgan fingerprint density at radius 3 is 2.44 bits per heavy atom. The van der Waals surface area contributed by atoms with Crippen LogP contribution in [0, 0.1) is 0 Å². The lowest BCUT2D eigenvalue weighted by Gasteiger charge is -2.21. The fraction of sp³-hybridized carbons (Fsp3) is 0.292. The molecule has 1 saturated heterocycles. The summed E-state index contributed by atoms with van der Waals surface area (Å²) >= 11 is 4.66. The molecule has 184 valence electrons. The predicted octanol–water partition coefficient (Wildman–Crippen LogP) is 4.86. The molecular formula is C24H19F4N7S. The van der Waals surface area contributed by atoms with Gasteiger partial charge in [-0.2, -0.15) is 8.78 Å². The van der Waals surface area contributed by atoms with Crippen LogP contribution in [0.3, 0.4) is 0 Å². The highest BCUT2D eigenvalue weighted by Gasteiger charge is 2.43. The zero-order chi connectivity index (χ0) is 25.3. The van der Waals surface area contributed by atoms with E-state index < -0.39 is 30.6 Å². The van der Waals surface area contributed by atoms with Crippen molar-refractivity contribution in [3.63, 3.8) is 0 Å². The van der Waals surface area contributed by atoms with E-state index in [1.807, 2.05) is 24.3 Å². The molecule has 1 aliphatic rings. The average Bonchev–Trinajstić information content (AvgIpc) is 3.46. The van der Waals surface area contributed by atoms with Gasteiger partial charge in [-0.1, -0.05) is 59.8 Å². The number of fused-ring (bicyclic) bond motifs is 1. The van der Waals surface area contributed by atoms with E-state index in [0.29, 0.717) is 0 Å². The number of benzene rings is 2. The number of alkyl halides is 4. The zero-order valence-corrected chi connectivity index (χ0v) is 19.6. The smallest absolute Gasteiger partial charge is 0.331 e. The molecule has 0 unspecified atom stereocenters. The SMILES string of the molecule is FC1(F)CCN(c2nc(C(F)(F)c3ccccc3)nc3c2nnn3Cc2ccccc2CN=C=S)C1. The molecule has 0 aliphatic carbocycles. The summed E-state index contributed by atoms with van der Waals surface area (Å²) in [5, 5.41) is 10.5. The monoisotopic (exact) mass is 513 g/mol. The van der Waals surface area contributed by atoms with Crippen LogP contribution in [0.1, 0.15) is 28.9 Å². The number of halogens is 4. The Morgan fingerprint density at radius 2 is 1.75 bits per heavy atom. The first-order valence-electron chi connectivity index (χ1n) is 11.1. The number of aliphatic imine (C=N–C) groups is 1. The maximum Gasteiger partial charge on any atom is 0.331 e. The van der Waals surface area contributed by atoms with Crippen molar-refractivity contribution in [1.82, 2.24) is 25.0 Å². The summed E-state index contributed by atoms with van der Waals surface area (Å²) in [5.74, 6) is -7.44. The Balaban J connectivity index is 1.64. The van der Waals surface area contributed by atoms with E-state index in [9.17, 15) is 8.78 Å². The third kappa shape index (κ3) is 4.57. The van der Waals surface area contributed by atoms with E-state index in [-0.39, 0.29) is 42.2 Å². The van der Waals surface area contributed by atoms with Gasteiger partial charge in [0, 0.05) is 18.5 Å². The van der Waals surface area contributed by atoms with E-state index in [4.69, 9.17) is 0 Å². The summed E-state index contributed by atoms with van der Waals surface area (Å²) in [6.45, 7) is -0.281. The van der Waals surface area contributed by atoms with Crippen molar-refractivity contribution in [1.29, 1.82) is 0 Å². The van der Waals surface area contributed by atoms with Crippen LogP contribution in [0.2, 0.25) is 0 Å². The second kappa shape index (κ2) is 9.36. The van der Waals surface area contributed by atoms with Gasteiger partial charge in [0.1, 0.15) is 0 Å². The second-order valence-electron chi connectivity index (χ2n) is 8.43. The van der Waals surface area contributed by atoms with Gasteiger partial charge in [0.15, 0.2) is 17.0 Å². The van der Waals surface area contributed by atoms with Crippen molar-refractivity contribution < 1.29 is 17.6 Å². The molecule has 2 aromatic carbocycles. The highest BCUT2D eigenvalue weighted by molar-refractivity contribution is 7.78. The number of aromatic nitrogens is 5. The molecule has 0 spiro atoms. The molecule has 3 heterocycles. The van der Waals surface area contributed by atoms with Gasteiger partial charge in [-0.3, -0.25) is 0 Å². The number of thiocarbonyl (C=S) groups is 1. The minimum absolute atomic E-state index is 0.0222. The van der Waals surface area contributed by atoms with Crippen molar-refractivity contribution in [3.8, 4) is 0 Å². The second-order valence-corrected chi connectivity index (χ2v) is 8.62. The van der Waals surface area contributed by atoms with E-state index in [0.717, 1.165) is 11.1 Å². The molecule has 0 bridgehead atoms. The van der Waals surface area contributed by atoms with Crippen molar-refractivity contribution in [2.75, 3.05) is 18.0 Å². The molecule has 2 aromatic heterocycles. The van der Waals surface area contributed by atoms with E-state index in [1.54, 1.807) is 6.07 Å². The van der Waals surface area contributed by atoms with Crippen LogP contribution in [0.4, 0.5) is 23.4 Å². The van der Waals surface area contributed by atoms with Gasteiger partial charge in [0.25, 0.3) is 5.92 Å². The topological polar surface area (TPSA) is 72.1 Å². The van der Waals surface area contributed by atoms with Crippen molar-refractivity contribution >= 4 is 34.4 Å². The Kier molecular flexibility index (Phi) is 6.23. The predicted molar refractivity (Wildman–Crippen MR) is 129 cm³/mol. The lowest BCUT2D eigenvalue weighted by Crippen LogP contribution is -2.28. The van der Waals surface area contributed by atoms with Gasteiger partial charge < -0.3 is 4.90 Å². The first-order chi connectivity index (χ1) is 17.3. The molecule has 1 fully saturated rings. The minimum Gasteiger partial charge on any atom is -0.348 e. The summed E-state index contributed by atoms with van der Waals surface area (Å²) in [4.78, 5) is 13.4. The maximum absolute atomic E-state index is 15.5. The van der Waals surface area contributed by atoms with Crippen LogP contribution >= 0.6 is 12.2 Å². The summed E-state index contributed by atoms with van der Waals surface area (Å²) < 4.78 is 60.5. The van der Waals surface area contributed by atoms with Crippen LogP contribution in [0.15, 0.2) is 59.6 Å². The van der Waals surface area contributed by atoms with E-state index in [1.165, 1.54) is 33.8 Å². The standard InChI is InChI=1S/C24H19F4N7S/c25-23(26)10-11-34(14-23)20-19-21(31-22(30-20)24(27,28)18-8-2-1-3-9-18)35(33-32-19)13-17-7-5-4-6-16(17)12-29-15-36/h1-9H,10-14H2. The third-order valence-corrected chi connectivity index (χ3v) is 6.11. The van der Waals surface area contributed by atoms with Gasteiger partial charge in [0.05, 0.1) is 24.8 Å². The Bertz CT molecular complexity index is 1450. The average molecular weight is 514 g/mol. The summed E-state index contributed by atoms with van der Waals surface area (Å²) in [7, 11) is 0. The maximum atomic E-state index is 15.5. The fourth-order valence-corrected chi connectivity index (χ4v) is 4.21. The van der Waals surface area contributed by atoms with Crippen LogP contribution in [0.5, 0.6) is 0 Å². The molecule has 7 nitrogen and oxygen atoms in total. The summed E-state index contributed by atoms with van der Waals surface area (Å²) in [6, 6.07) is 14.5. The molecule has 0 amide bonds. The van der Waals surface area contributed by atoms with Gasteiger partial charge in [0.2, 0.25) is 5.82 Å². The van der Waals surface area contributed by atoms with Crippen LogP contribution in [0.25, 0.3) is 11.2 Å². The number of hydrogen-bond acceptors (Lipinski definition) is 7. The number of anilines is 1. The Morgan fingerprint density at radius 1 is 1.03 bits per heavy atom. The number of nitrogens with zero attached hydrogens (tertiary/aromatic N) is 7. The van der Waals surface area contributed by atoms with E-state index >= 15 is 8.78 Å². The highest BCUT2D eigenvalue weighted by Crippen LogP contribution is 2.38. The number of hydrogen-bond donors (Lipinski definition) is 0. The van der Waals surface area contributed by atoms with Crippen molar-refractivity contribution in [2.24, 2.45) is 4.99 Å². The molecule has 36 heavy (non-hydrogen) atoms. The third-order valence-electron chi connectivity index (χ3n) is 5.98. The van der Waals surface area contributed by atoms with Crippen LogP contribution < -0.4 is 4.90 Å². The molecule has 0 radical (unpaired) electrons. The van der Waals surface area contributed by atoms with Gasteiger partial charge in [-0.05, 0) is 23.3 Å². The minimum atomic E-state index is -3.58. The molecule has 5 rings (SSSR count). The van der Waals surface area contributed by atoms with Crippen LogP contribution in [-0.2, 0) is 19.0 Å². The normalized spacial score (nSPS) is 15.3. The number of rotatable bonds is 7. The molecule has 0 saturated carbocycles. The van der Waals surface area contributed by atoms with Crippen molar-refractivity contribution in [2.45, 2.75) is 31.4 Å². The largest absolute Gasteiger partial charge is 0.348 e. The van der Waals surface area contributed by atoms with Gasteiger partial charge in [-0.15, -0.1) is 5.10 Å². The molecule has 4 aromatic rings. The molecule has 0 N–H and O–H groups in total. The van der Waals surface area contributed by atoms with Crippen molar-refractivity contribution in [3.05, 3.63) is 77.1 Å². The lowest BCUT2D eigenvalue weighted by atomic mass is 10.1. The molecule has 0 atom stereocenters. The Hall–Kier alpha value is -3.76. The first kappa shape index (κ1) is 24.0. The summed E-state index contributed by atoms with van der Waals surface area (Å²) in [6.07, 6.45) is -0.412. The molecular weight excluding hydrogens is 494 g/mol. The van der Waals surface area contributed by atoms with E-state index in [2.05, 4.69) is 42.7 Å².